The van der Waals surface area contributed by atoms with Crippen LogP contribution in [0.3, 0.4) is 0 Å². The molecule has 0 spiro atoms. The lowest BCUT2D eigenvalue weighted by Crippen LogP contribution is -2.47. The van der Waals surface area contributed by atoms with E-state index >= 15 is 0 Å². The molecule has 0 radical (unpaired) electrons. The molecular formula is C18H27F3N4OS. The standard InChI is InChI=1S/C18H27F3N4OS/c1-25(2)16(26)12-23-17(22-9-8-15-7-4-10-27-15)24-14-6-3-5-13(11-14)18(19,20)21/h4,7,10,13-14H,3,5-6,8-9,11-12H2,1-2H3,(H2,22,23,24). The molecule has 9 heteroatoms. The number of halogens is 3. The summed E-state index contributed by atoms with van der Waals surface area (Å²) in [5.41, 5.74) is 0. The van der Waals surface area contributed by atoms with E-state index in [0.29, 0.717) is 25.3 Å². The molecule has 2 N–H and O–H groups in total. The van der Waals surface area contributed by atoms with Crippen molar-refractivity contribution < 1.29 is 18.0 Å². The molecule has 0 aromatic carbocycles. The third-order valence-corrected chi connectivity index (χ3v) is 5.53. The van der Waals surface area contributed by atoms with Crippen LogP contribution in [-0.4, -0.2) is 56.2 Å². The summed E-state index contributed by atoms with van der Waals surface area (Å²) >= 11 is 1.65. The number of amides is 1. The van der Waals surface area contributed by atoms with Crippen molar-refractivity contribution in [3.05, 3.63) is 22.4 Å². The second kappa shape index (κ2) is 9.96. The van der Waals surface area contributed by atoms with Gasteiger partial charge in [0.15, 0.2) is 5.96 Å². The number of hydrogen-bond acceptors (Lipinski definition) is 3. The molecule has 0 aliphatic heterocycles. The molecule has 1 amide bonds. The largest absolute Gasteiger partial charge is 0.391 e. The van der Waals surface area contributed by atoms with Crippen LogP contribution in [-0.2, 0) is 11.2 Å². The van der Waals surface area contributed by atoms with Crippen LogP contribution < -0.4 is 10.6 Å². The predicted molar refractivity (Wildman–Crippen MR) is 102 cm³/mol. The van der Waals surface area contributed by atoms with E-state index in [9.17, 15) is 18.0 Å². The number of nitrogens with one attached hydrogen (secondary N) is 2. The van der Waals surface area contributed by atoms with Crippen molar-refractivity contribution in [2.24, 2.45) is 10.9 Å². The van der Waals surface area contributed by atoms with E-state index in [-0.39, 0.29) is 31.3 Å². The number of likely N-dealkylation sites (N-methyl/N-ethyl adjacent to an activating group) is 1. The lowest BCUT2D eigenvalue weighted by atomic mass is 9.85. The smallest absolute Gasteiger partial charge is 0.356 e. The number of hydrogen-bond donors (Lipinski definition) is 2. The molecule has 5 nitrogen and oxygen atoms in total. The quantitative estimate of drug-likeness (QED) is 0.566. The lowest BCUT2D eigenvalue weighted by molar-refractivity contribution is -0.183. The molecular weight excluding hydrogens is 377 g/mol. The molecule has 1 aromatic heterocycles. The van der Waals surface area contributed by atoms with Crippen LogP contribution in [0.25, 0.3) is 0 Å². The number of rotatable bonds is 6. The van der Waals surface area contributed by atoms with Crippen LogP contribution in [0.15, 0.2) is 22.5 Å². The van der Waals surface area contributed by atoms with Crippen molar-refractivity contribution in [3.8, 4) is 0 Å². The molecule has 1 aliphatic rings. The summed E-state index contributed by atoms with van der Waals surface area (Å²) in [6, 6.07) is 3.71. The van der Waals surface area contributed by atoms with E-state index in [0.717, 1.165) is 6.42 Å². The number of alkyl halides is 3. The maximum Gasteiger partial charge on any atom is 0.391 e. The number of guanidine groups is 1. The Morgan fingerprint density at radius 3 is 2.78 bits per heavy atom. The van der Waals surface area contributed by atoms with E-state index in [4.69, 9.17) is 0 Å². The minimum atomic E-state index is -4.16. The van der Waals surface area contributed by atoms with Crippen LogP contribution >= 0.6 is 11.3 Å². The molecule has 0 saturated heterocycles. The van der Waals surface area contributed by atoms with Crippen molar-refractivity contribution in [2.75, 3.05) is 27.2 Å². The summed E-state index contributed by atoms with van der Waals surface area (Å²) in [5.74, 6) is -1.04. The van der Waals surface area contributed by atoms with Crippen LogP contribution in [0, 0.1) is 5.92 Å². The predicted octanol–water partition coefficient (Wildman–Crippen LogP) is 3.04. The highest BCUT2D eigenvalue weighted by molar-refractivity contribution is 7.09. The zero-order valence-corrected chi connectivity index (χ0v) is 16.5. The van der Waals surface area contributed by atoms with Gasteiger partial charge in [0, 0.05) is 31.6 Å². The van der Waals surface area contributed by atoms with Crippen LogP contribution in [0.4, 0.5) is 13.2 Å². The second-order valence-corrected chi connectivity index (χ2v) is 7.99. The monoisotopic (exact) mass is 404 g/mol. The molecule has 0 bridgehead atoms. The normalized spacial score (nSPS) is 21.0. The average molecular weight is 405 g/mol. The molecule has 2 unspecified atom stereocenters. The molecule has 2 rings (SSSR count). The maximum atomic E-state index is 13.0. The van der Waals surface area contributed by atoms with Gasteiger partial charge >= 0.3 is 6.18 Å². The van der Waals surface area contributed by atoms with E-state index in [2.05, 4.69) is 15.6 Å². The van der Waals surface area contributed by atoms with Crippen molar-refractivity contribution in [1.82, 2.24) is 15.5 Å². The van der Waals surface area contributed by atoms with Gasteiger partial charge in [0.1, 0.15) is 6.54 Å². The number of carbonyl (C=O) groups excluding carboxylic acids is 1. The van der Waals surface area contributed by atoms with Gasteiger partial charge in [-0.05, 0) is 37.1 Å². The average Bonchev–Trinajstić information content (AvgIpc) is 3.12. The first kappa shape index (κ1) is 21.5. The number of nitrogens with zero attached hydrogens (tertiary/aromatic N) is 2. The first-order valence-electron chi connectivity index (χ1n) is 9.10. The van der Waals surface area contributed by atoms with Gasteiger partial charge in [0.05, 0.1) is 5.92 Å². The Balaban J connectivity index is 1.95. The molecule has 1 heterocycles. The van der Waals surface area contributed by atoms with Gasteiger partial charge in [0.2, 0.25) is 5.91 Å². The van der Waals surface area contributed by atoms with Gasteiger partial charge in [-0.15, -0.1) is 11.3 Å². The Labute approximate surface area is 162 Å². The Kier molecular flexibility index (Phi) is 7.94. The topological polar surface area (TPSA) is 56.7 Å². The van der Waals surface area contributed by atoms with Crippen LogP contribution in [0.5, 0.6) is 0 Å². The van der Waals surface area contributed by atoms with Crippen molar-refractivity contribution in [3.63, 3.8) is 0 Å². The van der Waals surface area contributed by atoms with Crippen molar-refractivity contribution in [1.29, 1.82) is 0 Å². The first-order chi connectivity index (χ1) is 12.8. The lowest BCUT2D eigenvalue weighted by Gasteiger charge is -2.32. The van der Waals surface area contributed by atoms with Gasteiger partial charge in [-0.2, -0.15) is 13.2 Å². The number of thiophene rings is 1. The summed E-state index contributed by atoms with van der Waals surface area (Å²) in [4.78, 5) is 18.7. The fourth-order valence-electron chi connectivity index (χ4n) is 3.01. The Morgan fingerprint density at radius 1 is 1.37 bits per heavy atom. The van der Waals surface area contributed by atoms with Crippen LogP contribution in [0.2, 0.25) is 0 Å². The number of aliphatic imine (C=N–C) groups is 1. The zero-order chi connectivity index (χ0) is 19.9. The molecule has 152 valence electrons. The van der Waals surface area contributed by atoms with Gasteiger partial charge in [0.25, 0.3) is 0 Å². The van der Waals surface area contributed by atoms with E-state index < -0.39 is 12.1 Å². The first-order valence-corrected chi connectivity index (χ1v) is 9.97. The van der Waals surface area contributed by atoms with Crippen molar-refractivity contribution in [2.45, 2.75) is 44.3 Å². The Bertz CT molecular complexity index is 617. The highest BCUT2D eigenvalue weighted by Crippen LogP contribution is 2.37. The van der Waals surface area contributed by atoms with Gasteiger partial charge in [-0.3, -0.25) is 4.79 Å². The third kappa shape index (κ3) is 7.40. The second-order valence-electron chi connectivity index (χ2n) is 6.96. The van der Waals surface area contributed by atoms with Gasteiger partial charge < -0.3 is 15.5 Å². The molecule has 1 aromatic rings. The van der Waals surface area contributed by atoms with E-state index in [1.165, 1.54) is 9.78 Å². The molecule has 2 atom stereocenters. The molecule has 1 fully saturated rings. The maximum absolute atomic E-state index is 13.0. The summed E-state index contributed by atoms with van der Waals surface area (Å²) in [6.07, 6.45) is -1.96. The SMILES string of the molecule is CN(C)C(=O)CN=C(NCCc1cccs1)NC1CCCC(C(F)(F)F)C1. The summed E-state index contributed by atoms with van der Waals surface area (Å²) < 4.78 is 39.1. The van der Waals surface area contributed by atoms with E-state index in [1.807, 2.05) is 17.5 Å². The summed E-state index contributed by atoms with van der Waals surface area (Å²) in [6.45, 7) is 0.550. The third-order valence-electron chi connectivity index (χ3n) is 4.59. The number of carbonyl (C=O) groups is 1. The fourth-order valence-corrected chi connectivity index (χ4v) is 3.72. The van der Waals surface area contributed by atoms with E-state index in [1.54, 1.807) is 25.4 Å². The minimum absolute atomic E-state index is 0.0384. The molecule has 27 heavy (non-hydrogen) atoms. The fraction of sp³-hybridized carbons (Fsp3) is 0.667. The van der Waals surface area contributed by atoms with Crippen LogP contribution in [0.1, 0.15) is 30.6 Å². The minimum Gasteiger partial charge on any atom is -0.356 e. The highest BCUT2D eigenvalue weighted by atomic mass is 32.1. The van der Waals surface area contributed by atoms with Gasteiger partial charge in [-0.25, -0.2) is 4.99 Å². The Morgan fingerprint density at radius 2 is 2.15 bits per heavy atom. The molecule has 1 aliphatic carbocycles. The Hall–Kier alpha value is -1.77. The zero-order valence-electron chi connectivity index (χ0n) is 15.7. The highest BCUT2D eigenvalue weighted by Gasteiger charge is 2.42. The van der Waals surface area contributed by atoms with Gasteiger partial charge in [-0.1, -0.05) is 12.5 Å². The van der Waals surface area contributed by atoms with Crippen molar-refractivity contribution >= 4 is 23.2 Å². The molecule has 1 saturated carbocycles. The summed E-state index contributed by atoms with van der Waals surface area (Å²) in [5, 5.41) is 8.25. The summed E-state index contributed by atoms with van der Waals surface area (Å²) in [7, 11) is 3.29.